The Morgan fingerprint density at radius 2 is 1.74 bits per heavy atom. The lowest BCUT2D eigenvalue weighted by Crippen LogP contribution is -2.55. The second-order valence-corrected chi connectivity index (χ2v) is 6.75. The van der Waals surface area contributed by atoms with Crippen molar-refractivity contribution in [3.8, 4) is 0 Å². The first-order chi connectivity index (χ1) is 12.1. The lowest BCUT2D eigenvalue weighted by molar-refractivity contribution is -0.274. The molecule has 1 aromatic carbocycles. The van der Waals surface area contributed by atoms with Crippen molar-refractivity contribution in [1.82, 2.24) is 9.80 Å². The number of hydrogen-bond donors (Lipinski definition) is 0. The molecule has 1 fully saturated rings. The molecule has 0 unspecified atom stereocenters. The second kappa shape index (κ2) is 7.75. The van der Waals surface area contributed by atoms with Gasteiger partial charge in [-0.3, -0.25) is 9.69 Å². The van der Waals surface area contributed by atoms with E-state index in [-0.39, 0.29) is 12.4 Å². The SMILES string of the molecule is CN(C(=O)C(F)(F)C(F)(F)F)C1CCN(CC2=Cc3ccccc32)CC1.Cl. The highest BCUT2D eigenvalue weighted by molar-refractivity contribution is 5.96. The number of carbonyl (C=O) groups is 1. The van der Waals surface area contributed by atoms with E-state index in [4.69, 9.17) is 0 Å². The molecule has 27 heavy (non-hydrogen) atoms. The maximum absolute atomic E-state index is 13.2. The first-order valence-corrected chi connectivity index (χ1v) is 8.35. The number of amides is 1. The van der Waals surface area contributed by atoms with E-state index >= 15 is 0 Å². The highest BCUT2D eigenvalue weighted by atomic mass is 35.5. The van der Waals surface area contributed by atoms with Gasteiger partial charge in [0.25, 0.3) is 0 Å². The molecule has 1 aromatic rings. The van der Waals surface area contributed by atoms with Gasteiger partial charge in [0.1, 0.15) is 0 Å². The van der Waals surface area contributed by atoms with Crippen molar-refractivity contribution in [2.75, 3.05) is 26.7 Å². The van der Waals surface area contributed by atoms with E-state index in [1.807, 2.05) is 24.3 Å². The predicted molar refractivity (Wildman–Crippen MR) is 94.8 cm³/mol. The fraction of sp³-hybridized carbons (Fsp3) is 0.500. The van der Waals surface area contributed by atoms with Crippen LogP contribution in [0.3, 0.4) is 0 Å². The van der Waals surface area contributed by atoms with Crippen LogP contribution < -0.4 is 0 Å². The van der Waals surface area contributed by atoms with E-state index in [0.29, 0.717) is 37.4 Å². The number of piperidine rings is 1. The number of rotatable bonds is 4. The van der Waals surface area contributed by atoms with Crippen molar-refractivity contribution >= 4 is 30.0 Å². The molecule has 1 amide bonds. The van der Waals surface area contributed by atoms with Crippen molar-refractivity contribution in [3.05, 3.63) is 35.4 Å². The second-order valence-electron chi connectivity index (χ2n) is 6.75. The minimum absolute atomic E-state index is 0. The van der Waals surface area contributed by atoms with Crippen LogP contribution in [0.2, 0.25) is 0 Å². The molecule has 1 aliphatic heterocycles. The molecule has 2 aliphatic rings. The molecule has 0 aromatic heterocycles. The molecule has 0 radical (unpaired) electrons. The molecular weight excluding hydrogens is 391 g/mol. The van der Waals surface area contributed by atoms with E-state index in [0.717, 1.165) is 7.05 Å². The van der Waals surface area contributed by atoms with Crippen LogP contribution in [-0.2, 0) is 4.79 Å². The summed E-state index contributed by atoms with van der Waals surface area (Å²) in [5, 5.41) is 0. The minimum atomic E-state index is -5.87. The highest BCUT2D eigenvalue weighted by Gasteiger charge is 2.64. The number of nitrogens with zero attached hydrogens (tertiary/aromatic N) is 2. The molecule has 0 atom stereocenters. The van der Waals surface area contributed by atoms with Crippen molar-refractivity contribution < 1.29 is 26.7 Å². The molecule has 0 bridgehead atoms. The van der Waals surface area contributed by atoms with E-state index < -0.39 is 24.0 Å². The number of hydrogen-bond acceptors (Lipinski definition) is 2. The van der Waals surface area contributed by atoms with Crippen LogP contribution in [0.5, 0.6) is 0 Å². The van der Waals surface area contributed by atoms with E-state index in [1.54, 1.807) is 0 Å². The van der Waals surface area contributed by atoms with Gasteiger partial charge in [-0.05, 0) is 35.6 Å². The molecule has 3 nitrogen and oxygen atoms in total. The molecule has 0 spiro atoms. The third-order valence-corrected chi connectivity index (χ3v) is 5.08. The lowest BCUT2D eigenvalue weighted by atomic mass is 9.88. The number of fused-ring (bicyclic) bond motifs is 1. The van der Waals surface area contributed by atoms with Crippen molar-refractivity contribution in [2.45, 2.75) is 31.0 Å². The zero-order chi connectivity index (χ0) is 19.1. The topological polar surface area (TPSA) is 23.6 Å². The Bertz CT molecular complexity index is 727. The summed E-state index contributed by atoms with van der Waals surface area (Å²) in [7, 11) is 1.02. The first kappa shape index (κ1) is 21.6. The maximum Gasteiger partial charge on any atom is 0.463 e. The summed E-state index contributed by atoms with van der Waals surface area (Å²) < 4.78 is 63.6. The van der Waals surface area contributed by atoms with Crippen LogP contribution in [0.1, 0.15) is 24.0 Å². The van der Waals surface area contributed by atoms with Crippen LogP contribution >= 0.6 is 12.4 Å². The van der Waals surface area contributed by atoms with Crippen LogP contribution in [0, 0.1) is 0 Å². The first-order valence-electron chi connectivity index (χ1n) is 8.35. The van der Waals surface area contributed by atoms with Gasteiger partial charge < -0.3 is 4.90 Å². The van der Waals surface area contributed by atoms with Gasteiger partial charge in [0.05, 0.1) is 0 Å². The molecule has 150 valence electrons. The van der Waals surface area contributed by atoms with E-state index in [1.165, 1.54) is 16.7 Å². The lowest BCUT2D eigenvalue weighted by Gasteiger charge is -2.38. The summed E-state index contributed by atoms with van der Waals surface area (Å²) in [6.45, 7) is 1.79. The fourth-order valence-corrected chi connectivity index (χ4v) is 3.45. The molecular formula is C18H20ClF5N2O. The zero-order valence-electron chi connectivity index (χ0n) is 14.6. The van der Waals surface area contributed by atoms with Gasteiger partial charge in [-0.1, -0.05) is 24.3 Å². The molecule has 1 aliphatic carbocycles. The summed E-state index contributed by atoms with van der Waals surface area (Å²) in [5.41, 5.74) is 3.55. The van der Waals surface area contributed by atoms with E-state index in [2.05, 4.69) is 11.0 Å². The largest absolute Gasteiger partial charge is 0.463 e. The van der Waals surface area contributed by atoms with Crippen molar-refractivity contribution in [3.63, 3.8) is 0 Å². The van der Waals surface area contributed by atoms with Gasteiger partial charge in [0.15, 0.2) is 0 Å². The standard InChI is InChI=1S/C18H19F5N2O.ClH/c1-24(16(26)17(19,20)18(21,22)23)14-6-8-25(9-7-14)11-13-10-12-4-2-3-5-15(12)13;/h2-5,10,14H,6-9,11H2,1H3;1H. The third kappa shape index (κ3) is 4.11. The van der Waals surface area contributed by atoms with Gasteiger partial charge in [0, 0.05) is 32.7 Å². The molecule has 3 rings (SSSR count). The number of carbonyl (C=O) groups excluding carboxylic acids is 1. The summed E-state index contributed by atoms with van der Waals surface area (Å²) in [4.78, 5) is 14.3. The summed E-state index contributed by atoms with van der Waals surface area (Å²) in [6, 6.07) is 7.35. The Labute approximate surface area is 160 Å². The summed E-state index contributed by atoms with van der Waals surface area (Å²) in [5.74, 6) is -7.53. The van der Waals surface area contributed by atoms with Gasteiger partial charge in [-0.2, -0.15) is 22.0 Å². The summed E-state index contributed by atoms with van der Waals surface area (Å²) >= 11 is 0. The predicted octanol–water partition coefficient (Wildman–Crippen LogP) is 4.08. The van der Waals surface area contributed by atoms with Gasteiger partial charge in [0.2, 0.25) is 0 Å². The number of halogens is 6. The smallest absolute Gasteiger partial charge is 0.337 e. The third-order valence-electron chi connectivity index (χ3n) is 5.08. The number of likely N-dealkylation sites (tertiary alicyclic amines) is 1. The highest BCUT2D eigenvalue weighted by Crippen LogP contribution is 2.38. The summed E-state index contributed by atoms with van der Waals surface area (Å²) in [6.07, 6.45) is -3.06. The molecule has 1 saturated heterocycles. The molecule has 9 heteroatoms. The fourth-order valence-electron chi connectivity index (χ4n) is 3.45. The van der Waals surface area contributed by atoms with Crippen LogP contribution in [0.15, 0.2) is 24.3 Å². The Kier molecular flexibility index (Phi) is 6.21. The quantitative estimate of drug-likeness (QED) is 0.698. The molecule has 0 saturated carbocycles. The minimum Gasteiger partial charge on any atom is -0.337 e. The van der Waals surface area contributed by atoms with Crippen molar-refractivity contribution in [2.24, 2.45) is 0 Å². The Morgan fingerprint density at radius 1 is 1.15 bits per heavy atom. The van der Waals surface area contributed by atoms with Gasteiger partial charge >= 0.3 is 18.0 Å². The van der Waals surface area contributed by atoms with Crippen molar-refractivity contribution in [1.29, 1.82) is 0 Å². The van der Waals surface area contributed by atoms with E-state index in [9.17, 15) is 26.7 Å². The number of alkyl halides is 5. The molecule has 1 heterocycles. The monoisotopic (exact) mass is 410 g/mol. The average Bonchev–Trinajstić information content (AvgIpc) is 2.58. The van der Waals surface area contributed by atoms with Crippen LogP contribution in [-0.4, -0.2) is 60.5 Å². The van der Waals surface area contributed by atoms with Crippen LogP contribution in [0.4, 0.5) is 22.0 Å². The maximum atomic E-state index is 13.2. The Hall–Kier alpha value is -1.67. The number of benzene rings is 1. The normalized spacial score (nSPS) is 18.1. The van der Waals surface area contributed by atoms with Crippen LogP contribution in [0.25, 0.3) is 11.6 Å². The Morgan fingerprint density at radius 3 is 2.30 bits per heavy atom. The van der Waals surface area contributed by atoms with Gasteiger partial charge in [-0.15, -0.1) is 12.4 Å². The van der Waals surface area contributed by atoms with Gasteiger partial charge in [-0.25, -0.2) is 0 Å². The Balaban J connectivity index is 0.00000261. The zero-order valence-corrected chi connectivity index (χ0v) is 15.4. The molecule has 0 N–H and O–H groups in total. The average molecular weight is 411 g/mol.